The van der Waals surface area contributed by atoms with Crippen LogP contribution >= 0.6 is 11.8 Å². The standard InChI is InChI=1S/C25H28N4O4S/c1-32-18-4-5-20-19(11-18)15(8-9-26-20)10-21(30)22-6-2-17(13-33-22)27-12-16-3-7-23-25(28-16)29-24(31)14-34-23/h3-5,7-9,11,17,21-22,27,30H,2,6,10,12-14H2,1H3,(H,28,29,31)/t17-,21+,22+/m1/s1. The van der Waals surface area contributed by atoms with E-state index in [1.54, 1.807) is 13.3 Å². The van der Waals surface area contributed by atoms with Gasteiger partial charge in [0.05, 0.1) is 47.8 Å². The molecule has 2 aliphatic rings. The number of carbonyl (C=O) groups is 1. The molecule has 3 aromatic rings. The Kier molecular flexibility index (Phi) is 6.96. The zero-order valence-corrected chi connectivity index (χ0v) is 19.8. The highest BCUT2D eigenvalue weighted by molar-refractivity contribution is 8.00. The zero-order chi connectivity index (χ0) is 23.5. The number of aromatic nitrogens is 2. The van der Waals surface area contributed by atoms with E-state index in [4.69, 9.17) is 9.47 Å². The maximum Gasteiger partial charge on any atom is 0.235 e. The number of pyridine rings is 2. The van der Waals surface area contributed by atoms with Crippen molar-refractivity contribution in [2.45, 2.75) is 49.0 Å². The predicted molar refractivity (Wildman–Crippen MR) is 131 cm³/mol. The number of fused-ring (bicyclic) bond motifs is 2. The van der Waals surface area contributed by atoms with E-state index >= 15 is 0 Å². The Bertz CT molecular complexity index is 1180. The van der Waals surface area contributed by atoms with Gasteiger partial charge in [-0.3, -0.25) is 9.78 Å². The molecule has 0 spiro atoms. The molecule has 9 heteroatoms. The largest absolute Gasteiger partial charge is 0.497 e. The summed E-state index contributed by atoms with van der Waals surface area (Å²) in [5.74, 6) is 1.84. The van der Waals surface area contributed by atoms with Crippen LogP contribution in [0.4, 0.5) is 5.82 Å². The lowest BCUT2D eigenvalue weighted by molar-refractivity contribution is -0.113. The fraction of sp³-hybridized carbons (Fsp3) is 0.400. The van der Waals surface area contributed by atoms with Crippen LogP contribution in [0.3, 0.4) is 0 Å². The van der Waals surface area contributed by atoms with E-state index in [1.165, 1.54) is 11.8 Å². The number of rotatable bonds is 7. The number of hydrogen-bond donors (Lipinski definition) is 3. The predicted octanol–water partition coefficient (Wildman–Crippen LogP) is 2.92. The van der Waals surface area contributed by atoms with Crippen molar-refractivity contribution in [2.75, 3.05) is 24.8 Å². The van der Waals surface area contributed by atoms with Crippen LogP contribution in [0.25, 0.3) is 10.9 Å². The average Bonchev–Trinajstić information content (AvgIpc) is 2.87. The van der Waals surface area contributed by atoms with Crippen LogP contribution < -0.4 is 15.4 Å². The first-order chi connectivity index (χ1) is 16.6. The molecule has 1 saturated heterocycles. The van der Waals surface area contributed by atoms with Gasteiger partial charge in [-0.15, -0.1) is 11.8 Å². The van der Waals surface area contributed by atoms with Gasteiger partial charge in [-0.25, -0.2) is 4.98 Å². The summed E-state index contributed by atoms with van der Waals surface area (Å²) < 4.78 is 11.4. The van der Waals surface area contributed by atoms with Gasteiger partial charge in [-0.05, 0) is 54.8 Å². The lowest BCUT2D eigenvalue weighted by Crippen LogP contribution is -2.44. The molecule has 0 saturated carbocycles. The number of hydrogen-bond acceptors (Lipinski definition) is 8. The van der Waals surface area contributed by atoms with Gasteiger partial charge < -0.3 is 25.2 Å². The second-order valence-electron chi connectivity index (χ2n) is 8.64. The van der Waals surface area contributed by atoms with Crippen molar-refractivity contribution in [3.05, 3.63) is 53.9 Å². The second kappa shape index (κ2) is 10.3. The Morgan fingerprint density at radius 3 is 3.03 bits per heavy atom. The van der Waals surface area contributed by atoms with E-state index in [0.29, 0.717) is 31.1 Å². The average molecular weight is 481 g/mol. The molecule has 1 fully saturated rings. The molecule has 0 radical (unpaired) electrons. The molecular weight excluding hydrogens is 452 g/mol. The third-order valence-electron chi connectivity index (χ3n) is 6.31. The summed E-state index contributed by atoms with van der Waals surface area (Å²) in [6, 6.07) is 11.9. The Hall–Kier alpha value is -2.72. The second-order valence-corrected chi connectivity index (χ2v) is 9.65. The molecule has 34 heavy (non-hydrogen) atoms. The highest BCUT2D eigenvalue weighted by atomic mass is 32.2. The molecule has 3 N–H and O–H groups in total. The van der Waals surface area contributed by atoms with Crippen LogP contribution in [-0.4, -0.2) is 58.7 Å². The number of aliphatic hydroxyl groups excluding tert-OH is 1. The zero-order valence-electron chi connectivity index (χ0n) is 19.0. The number of anilines is 1. The molecule has 3 atom stereocenters. The first-order valence-electron chi connectivity index (χ1n) is 11.5. The number of ether oxygens (including phenoxy) is 2. The van der Waals surface area contributed by atoms with E-state index in [-0.39, 0.29) is 18.1 Å². The van der Waals surface area contributed by atoms with Crippen LogP contribution in [-0.2, 0) is 22.5 Å². The number of thioether (sulfide) groups is 1. The van der Waals surface area contributed by atoms with Crippen molar-refractivity contribution in [1.82, 2.24) is 15.3 Å². The highest BCUT2D eigenvalue weighted by Gasteiger charge is 2.28. The number of carbonyl (C=O) groups excluding carboxylic acids is 1. The summed E-state index contributed by atoms with van der Waals surface area (Å²) in [5, 5.41) is 18.2. The fourth-order valence-corrected chi connectivity index (χ4v) is 5.19. The summed E-state index contributed by atoms with van der Waals surface area (Å²) >= 11 is 1.51. The van der Waals surface area contributed by atoms with Crippen LogP contribution in [0, 0.1) is 0 Å². The van der Waals surface area contributed by atoms with E-state index in [0.717, 1.165) is 45.6 Å². The van der Waals surface area contributed by atoms with E-state index in [9.17, 15) is 9.90 Å². The fourth-order valence-electron chi connectivity index (χ4n) is 4.43. The van der Waals surface area contributed by atoms with Gasteiger partial charge in [0.2, 0.25) is 5.91 Å². The molecule has 1 aromatic carbocycles. The lowest BCUT2D eigenvalue weighted by atomic mass is 9.95. The summed E-state index contributed by atoms with van der Waals surface area (Å²) in [4.78, 5) is 21.6. The van der Waals surface area contributed by atoms with Crippen molar-refractivity contribution in [1.29, 1.82) is 0 Å². The SMILES string of the molecule is COc1ccc2nccc(C[C@H](O)[C@@H]3CC[C@@H](NCc4ccc5c(n4)NC(=O)CS5)CO3)c2c1. The topological polar surface area (TPSA) is 106 Å². The Balaban J connectivity index is 1.14. The lowest BCUT2D eigenvalue weighted by Gasteiger charge is -2.32. The maximum atomic E-state index is 11.6. The maximum absolute atomic E-state index is 11.6. The van der Waals surface area contributed by atoms with Crippen molar-refractivity contribution in [3.8, 4) is 5.75 Å². The molecule has 4 heterocycles. The van der Waals surface area contributed by atoms with Crippen molar-refractivity contribution in [3.63, 3.8) is 0 Å². The van der Waals surface area contributed by atoms with Crippen molar-refractivity contribution >= 4 is 34.4 Å². The van der Waals surface area contributed by atoms with Crippen LogP contribution in [0.5, 0.6) is 5.75 Å². The number of benzene rings is 1. The molecular formula is C25H28N4O4S. The van der Waals surface area contributed by atoms with E-state index < -0.39 is 6.10 Å². The molecule has 8 nitrogen and oxygen atoms in total. The van der Waals surface area contributed by atoms with E-state index in [2.05, 4.69) is 20.6 Å². The molecule has 5 rings (SSSR count). The van der Waals surface area contributed by atoms with Gasteiger partial charge in [-0.2, -0.15) is 0 Å². The van der Waals surface area contributed by atoms with Crippen molar-refractivity contribution in [2.24, 2.45) is 0 Å². The smallest absolute Gasteiger partial charge is 0.235 e. The Morgan fingerprint density at radius 2 is 2.21 bits per heavy atom. The van der Waals surface area contributed by atoms with Gasteiger partial charge in [0.15, 0.2) is 0 Å². The first-order valence-corrected chi connectivity index (χ1v) is 12.4. The minimum absolute atomic E-state index is 0.0145. The molecule has 0 aliphatic carbocycles. The van der Waals surface area contributed by atoms with Crippen LogP contribution in [0.2, 0.25) is 0 Å². The van der Waals surface area contributed by atoms with Gasteiger partial charge >= 0.3 is 0 Å². The van der Waals surface area contributed by atoms with Gasteiger partial charge in [0, 0.05) is 30.6 Å². The minimum atomic E-state index is -0.596. The number of amides is 1. The quantitative estimate of drug-likeness (QED) is 0.474. The molecule has 0 bridgehead atoms. The van der Waals surface area contributed by atoms with Gasteiger partial charge in [-0.1, -0.05) is 0 Å². The Labute approximate surface area is 202 Å². The normalized spacial score (nSPS) is 21.1. The van der Waals surface area contributed by atoms with E-state index in [1.807, 2.05) is 36.4 Å². The Morgan fingerprint density at radius 1 is 1.29 bits per heavy atom. The van der Waals surface area contributed by atoms with Gasteiger partial charge in [0.1, 0.15) is 11.6 Å². The van der Waals surface area contributed by atoms with Crippen LogP contribution in [0.15, 0.2) is 47.5 Å². The number of methoxy groups -OCH3 is 1. The molecule has 178 valence electrons. The number of nitrogens with zero attached hydrogens (tertiary/aromatic N) is 2. The monoisotopic (exact) mass is 480 g/mol. The van der Waals surface area contributed by atoms with Gasteiger partial charge in [0.25, 0.3) is 0 Å². The molecule has 1 amide bonds. The summed E-state index contributed by atoms with van der Waals surface area (Å²) in [6.45, 7) is 1.13. The third kappa shape index (κ3) is 5.17. The molecule has 0 unspecified atom stereocenters. The summed E-state index contributed by atoms with van der Waals surface area (Å²) in [5.41, 5.74) is 2.79. The highest BCUT2D eigenvalue weighted by Crippen LogP contribution is 2.30. The molecule has 2 aromatic heterocycles. The summed E-state index contributed by atoms with van der Waals surface area (Å²) in [6.07, 6.45) is 3.15. The number of nitrogens with one attached hydrogen (secondary N) is 2. The first kappa shape index (κ1) is 23.0. The summed E-state index contributed by atoms with van der Waals surface area (Å²) in [7, 11) is 1.64. The minimum Gasteiger partial charge on any atom is -0.497 e. The van der Waals surface area contributed by atoms with Crippen molar-refractivity contribution < 1.29 is 19.4 Å². The van der Waals surface area contributed by atoms with Crippen LogP contribution in [0.1, 0.15) is 24.1 Å². The number of aliphatic hydroxyl groups is 1. The third-order valence-corrected chi connectivity index (χ3v) is 7.36. The molecule has 2 aliphatic heterocycles.